The summed E-state index contributed by atoms with van der Waals surface area (Å²) >= 11 is 1.52. The van der Waals surface area contributed by atoms with Crippen LogP contribution < -0.4 is 15.4 Å². The van der Waals surface area contributed by atoms with E-state index < -0.39 is 24.5 Å². The molecule has 1 saturated carbocycles. The maximum atomic E-state index is 12.2. The monoisotopic (exact) mass is 394 g/mol. The highest BCUT2D eigenvalue weighted by molar-refractivity contribution is 7.98. The molecule has 27 heavy (non-hydrogen) atoms. The van der Waals surface area contributed by atoms with Gasteiger partial charge in [-0.3, -0.25) is 10.1 Å². The van der Waals surface area contributed by atoms with Gasteiger partial charge in [0.15, 0.2) is 6.61 Å². The summed E-state index contributed by atoms with van der Waals surface area (Å²) in [5, 5.41) is 5.02. The van der Waals surface area contributed by atoms with Gasteiger partial charge in [-0.2, -0.15) is 0 Å². The Labute approximate surface area is 163 Å². The third-order valence-corrected chi connectivity index (χ3v) is 5.37. The number of methoxy groups -OCH3 is 1. The predicted molar refractivity (Wildman–Crippen MR) is 103 cm³/mol. The molecule has 0 heterocycles. The summed E-state index contributed by atoms with van der Waals surface area (Å²) in [4.78, 5) is 37.0. The molecule has 0 saturated heterocycles. The second kappa shape index (κ2) is 10.2. The molecular weight excluding hydrogens is 368 g/mol. The van der Waals surface area contributed by atoms with Gasteiger partial charge in [0.2, 0.25) is 0 Å². The number of esters is 1. The fourth-order valence-corrected chi connectivity index (χ4v) is 3.50. The molecule has 148 valence electrons. The summed E-state index contributed by atoms with van der Waals surface area (Å²) < 4.78 is 10.2. The normalized spacial score (nSPS) is 19.1. The number of amides is 3. The van der Waals surface area contributed by atoms with E-state index in [2.05, 4.69) is 17.6 Å². The predicted octanol–water partition coefficient (Wildman–Crippen LogP) is 2.98. The van der Waals surface area contributed by atoms with Crippen LogP contribution in [0.15, 0.2) is 23.1 Å². The van der Waals surface area contributed by atoms with Gasteiger partial charge in [0, 0.05) is 10.9 Å². The molecule has 0 radical (unpaired) electrons. The molecule has 2 atom stereocenters. The molecule has 3 amide bonds. The lowest BCUT2D eigenvalue weighted by Gasteiger charge is -2.29. The summed E-state index contributed by atoms with van der Waals surface area (Å²) in [6.07, 6.45) is 6.11. The van der Waals surface area contributed by atoms with Crippen molar-refractivity contribution in [2.45, 2.75) is 43.5 Å². The van der Waals surface area contributed by atoms with Gasteiger partial charge in [0.05, 0.1) is 7.11 Å². The van der Waals surface area contributed by atoms with Crippen LogP contribution in [0.1, 0.15) is 43.0 Å². The quantitative estimate of drug-likeness (QED) is 0.569. The minimum Gasteiger partial charge on any atom is -0.496 e. The maximum Gasteiger partial charge on any atom is 0.342 e. The Bertz CT molecular complexity index is 695. The van der Waals surface area contributed by atoms with Crippen LogP contribution in [0.25, 0.3) is 0 Å². The zero-order chi connectivity index (χ0) is 19.8. The second-order valence-electron chi connectivity index (χ2n) is 6.53. The number of ether oxygens (including phenoxy) is 2. The summed E-state index contributed by atoms with van der Waals surface area (Å²) in [6.45, 7) is 1.54. The molecule has 2 N–H and O–H groups in total. The van der Waals surface area contributed by atoms with Crippen molar-refractivity contribution in [3.8, 4) is 5.75 Å². The van der Waals surface area contributed by atoms with Crippen LogP contribution in [0, 0.1) is 5.92 Å². The highest BCUT2D eigenvalue weighted by atomic mass is 32.2. The van der Waals surface area contributed by atoms with Gasteiger partial charge in [0.25, 0.3) is 5.91 Å². The van der Waals surface area contributed by atoms with E-state index in [0.717, 1.165) is 30.6 Å². The Morgan fingerprint density at radius 1 is 1.22 bits per heavy atom. The topological polar surface area (TPSA) is 93.7 Å². The van der Waals surface area contributed by atoms with Crippen LogP contribution in [0.3, 0.4) is 0 Å². The molecule has 1 fully saturated rings. The van der Waals surface area contributed by atoms with E-state index in [9.17, 15) is 14.4 Å². The number of nitrogens with one attached hydrogen (secondary N) is 2. The lowest BCUT2D eigenvalue weighted by molar-refractivity contribution is -0.123. The van der Waals surface area contributed by atoms with Crippen molar-refractivity contribution in [3.63, 3.8) is 0 Å². The number of hydrogen-bond donors (Lipinski definition) is 2. The summed E-state index contributed by atoms with van der Waals surface area (Å²) in [6, 6.07) is 4.58. The zero-order valence-electron chi connectivity index (χ0n) is 15.9. The number of rotatable bonds is 6. The molecule has 0 spiro atoms. The third kappa shape index (κ3) is 6.16. The fraction of sp³-hybridized carbons (Fsp3) is 0.526. The number of urea groups is 1. The highest BCUT2D eigenvalue weighted by Gasteiger charge is 2.23. The first-order valence-electron chi connectivity index (χ1n) is 8.94. The lowest BCUT2D eigenvalue weighted by atomic mass is 9.86. The average molecular weight is 394 g/mol. The fourth-order valence-electron chi connectivity index (χ4n) is 3.07. The minimum atomic E-state index is -0.684. The van der Waals surface area contributed by atoms with E-state index in [1.165, 1.54) is 18.9 Å². The molecule has 0 aliphatic heterocycles. The Morgan fingerprint density at radius 3 is 2.63 bits per heavy atom. The molecule has 8 heteroatoms. The van der Waals surface area contributed by atoms with E-state index in [0.29, 0.717) is 11.7 Å². The zero-order valence-corrected chi connectivity index (χ0v) is 16.7. The van der Waals surface area contributed by atoms with Crippen LogP contribution in [0.4, 0.5) is 4.79 Å². The minimum absolute atomic E-state index is 0.0633. The Kier molecular flexibility index (Phi) is 7.97. The van der Waals surface area contributed by atoms with Crippen LogP contribution in [-0.4, -0.2) is 43.9 Å². The Hall–Kier alpha value is -2.22. The first-order valence-corrected chi connectivity index (χ1v) is 10.2. The largest absolute Gasteiger partial charge is 0.496 e. The lowest BCUT2D eigenvalue weighted by Crippen LogP contribution is -2.48. The van der Waals surface area contributed by atoms with Gasteiger partial charge in [-0.15, -0.1) is 11.8 Å². The van der Waals surface area contributed by atoms with Gasteiger partial charge >= 0.3 is 12.0 Å². The smallest absolute Gasteiger partial charge is 0.342 e. The molecule has 1 aromatic carbocycles. The van der Waals surface area contributed by atoms with E-state index in [1.807, 2.05) is 6.26 Å². The Balaban J connectivity index is 1.82. The molecule has 0 bridgehead atoms. The standard InChI is InChI=1S/C19H26N2O5S/c1-12-6-4-5-7-15(12)20-19(24)21-17(22)11-26-18(23)14-9-8-13(27-3)10-16(14)25-2/h8-10,12,15H,4-7,11H2,1-3H3,(H2,20,21,22,24). The number of carbonyl (C=O) groups is 3. The van der Waals surface area contributed by atoms with Gasteiger partial charge in [-0.25, -0.2) is 9.59 Å². The number of carbonyl (C=O) groups excluding carboxylic acids is 3. The molecule has 1 aromatic rings. The first-order chi connectivity index (χ1) is 12.9. The molecular formula is C19H26N2O5S. The van der Waals surface area contributed by atoms with Gasteiger partial charge < -0.3 is 14.8 Å². The van der Waals surface area contributed by atoms with Crippen molar-refractivity contribution < 1.29 is 23.9 Å². The van der Waals surface area contributed by atoms with Crippen molar-refractivity contribution in [3.05, 3.63) is 23.8 Å². The SMILES string of the molecule is COc1cc(SC)ccc1C(=O)OCC(=O)NC(=O)NC1CCCCC1C. The van der Waals surface area contributed by atoms with Crippen molar-refractivity contribution in [2.24, 2.45) is 5.92 Å². The summed E-state index contributed by atoms with van der Waals surface area (Å²) in [5.74, 6) is -0.606. The van der Waals surface area contributed by atoms with E-state index in [4.69, 9.17) is 9.47 Å². The van der Waals surface area contributed by atoms with E-state index in [-0.39, 0.29) is 11.6 Å². The van der Waals surface area contributed by atoms with Crippen LogP contribution in [-0.2, 0) is 9.53 Å². The number of thioether (sulfide) groups is 1. The van der Waals surface area contributed by atoms with Gasteiger partial charge in [0.1, 0.15) is 11.3 Å². The van der Waals surface area contributed by atoms with Crippen LogP contribution in [0.2, 0.25) is 0 Å². The molecule has 1 aliphatic rings. The molecule has 7 nitrogen and oxygen atoms in total. The van der Waals surface area contributed by atoms with Crippen LogP contribution in [0.5, 0.6) is 5.75 Å². The van der Waals surface area contributed by atoms with E-state index in [1.54, 1.807) is 18.2 Å². The van der Waals surface area contributed by atoms with Crippen LogP contribution >= 0.6 is 11.8 Å². The highest BCUT2D eigenvalue weighted by Crippen LogP contribution is 2.26. The molecule has 2 rings (SSSR count). The second-order valence-corrected chi connectivity index (χ2v) is 7.41. The number of imide groups is 1. The number of benzene rings is 1. The Morgan fingerprint density at radius 2 is 1.96 bits per heavy atom. The van der Waals surface area contributed by atoms with Gasteiger partial charge in [-0.1, -0.05) is 19.8 Å². The third-order valence-electron chi connectivity index (χ3n) is 4.64. The average Bonchev–Trinajstić information content (AvgIpc) is 2.67. The van der Waals surface area contributed by atoms with Crippen molar-refractivity contribution in [1.82, 2.24) is 10.6 Å². The summed E-state index contributed by atoms with van der Waals surface area (Å²) in [7, 11) is 1.46. The summed E-state index contributed by atoms with van der Waals surface area (Å²) in [5.41, 5.74) is 0.226. The molecule has 1 aliphatic carbocycles. The van der Waals surface area contributed by atoms with E-state index >= 15 is 0 Å². The molecule has 2 unspecified atom stereocenters. The molecule has 0 aromatic heterocycles. The first kappa shape index (κ1) is 21.1. The number of hydrogen-bond acceptors (Lipinski definition) is 6. The van der Waals surface area contributed by atoms with Crippen molar-refractivity contribution in [1.29, 1.82) is 0 Å². The van der Waals surface area contributed by atoms with Crippen molar-refractivity contribution >= 4 is 29.7 Å². The van der Waals surface area contributed by atoms with Gasteiger partial charge in [-0.05, 0) is 43.2 Å². The van der Waals surface area contributed by atoms with Crippen molar-refractivity contribution in [2.75, 3.05) is 20.0 Å². The maximum absolute atomic E-state index is 12.2.